The number of rotatable bonds is 4. The molecule has 3 rings (SSSR count). The summed E-state index contributed by atoms with van der Waals surface area (Å²) in [6, 6.07) is 8.31. The molecule has 21 heavy (non-hydrogen) atoms. The average molecular weight is 287 g/mol. The molecule has 1 aromatic carbocycles. The SMILES string of the molecule is COc1cccc([C@H]2C[C@@H](O)CN2Cc2cncn2C)c1. The maximum Gasteiger partial charge on any atom is 0.119 e. The Morgan fingerprint density at radius 1 is 1.43 bits per heavy atom. The molecule has 1 fully saturated rings. The first-order valence-corrected chi connectivity index (χ1v) is 7.18. The highest BCUT2D eigenvalue weighted by atomic mass is 16.5. The Labute approximate surface area is 124 Å². The summed E-state index contributed by atoms with van der Waals surface area (Å²) in [6.45, 7) is 1.47. The van der Waals surface area contributed by atoms with Crippen molar-refractivity contribution >= 4 is 0 Å². The van der Waals surface area contributed by atoms with Crippen LogP contribution in [-0.4, -0.2) is 39.3 Å². The number of benzene rings is 1. The second kappa shape index (κ2) is 5.87. The number of aryl methyl sites for hydroxylation is 1. The molecule has 0 bridgehead atoms. The van der Waals surface area contributed by atoms with Gasteiger partial charge in [-0.2, -0.15) is 0 Å². The van der Waals surface area contributed by atoms with Crippen LogP contribution in [0.5, 0.6) is 5.75 Å². The van der Waals surface area contributed by atoms with E-state index in [9.17, 15) is 5.11 Å². The van der Waals surface area contributed by atoms with Crippen LogP contribution in [0.25, 0.3) is 0 Å². The molecule has 112 valence electrons. The zero-order valence-corrected chi connectivity index (χ0v) is 12.4. The quantitative estimate of drug-likeness (QED) is 0.930. The van der Waals surface area contributed by atoms with Gasteiger partial charge in [0.05, 0.1) is 25.2 Å². The molecular weight excluding hydrogens is 266 g/mol. The molecule has 0 unspecified atom stereocenters. The summed E-state index contributed by atoms with van der Waals surface area (Å²) in [5.74, 6) is 0.856. The predicted octanol–water partition coefficient (Wildman–Crippen LogP) is 1.74. The third-order valence-electron chi connectivity index (χ3n) is 4.14. The minimum atomic E-state index is -0.283. The van der Waals surface area contributed by atoms with Crippen LogP contribution in [0.1, 0.15) is 23.7 Å². The molecule has 0 spiro atoms. The van der Waals surface area contributed by atoms with Crippen LogP contribution in [0.4, 0.5) is 0 Å². The van der Waals surface area contributed by atoms with Crippen molar-refractivity contribution in [1.82, 2.24) is 14.5 Å². The third-order valence-corrected chi connectivity index (χ3v) is 4.14. The number of aromatic nitrogens is 2. The average Bonchev–Trinajstić information content (AvgIpc) is 3.06. The number of nitrogens with zero attached hydrogens (tertiary/aromatic N) is 3. The van der Waals surface area contributed by atoms with Crippen LogP contribution in [0.3, 0.4) is 0 Å². The Morgan fingerprint density at radius 3 is 3.00 bits per heavy atom. The Hall–Kier alpha value is -1.85. The van der Waals surface area contributed by atoms with Gasteiger partial charge in [0, 0.05) is 32.4 Å². The number of hydrogen-bond acceptors (Lipinski definition) is 4. The lowest BCUT2D eigenvalue weighted by Gasteiger charge is -2.24. The Bertz CT molecular complexity index is 611. The van der Waals surface area contributed by atoms with Gasteiger partial charge in [0.15, 0.2) is 0 Å². The minimum absolute atomic E-state index is 0.213. The van der Waals surface area contributed by atoms with E-state index >= 15 is 0 Å². The molecule has 0 saturated carbocycles. The Kier molecular flexibility index (Phi) is 3.94. The molecular formula is C16H21N3O2. The van der Waals surface area contributed by atoms with Crippen molar-refractivity contribution in [2.45, 2.75) is 25.1 Å². The molecule has 0 radical (unpaired) electrons. The highest BCUT2D eigenvalue weighted by Gasteiger charge is 2.32. The van der Waals surface area contributed by atoms with E-state index in [1.807, 2.05) is 36.3 Å². The van der Waals surface area contributed by atoms with Crippen molar-refractivity contribution < 1.29 is 9.84 Å². The fourth-order valence-electron chi connectivity index (χ4n) is 2.99. The summed E-state index contributed by atoms with van der Waals surface area (Å²) in [4.78, 5) is 6.46. The van der Waals surface area contributed by atoms with Crippen LogP contribution >= 0.6 is 0 Å². The zero-order valence-electron chi connectivity index (χ0n) is 12.4. The number of imidazole rings is 1. The summed E-state index contributed by atoms with van der Waals surface area (Å²) in [6.07, 6.45) is 4.16. The predicted molar refractivity (Wildman–Crippen MR) is 80.0 cm³/mol. The summed E-state index contributed by atoms with van der Waals surface area (Å²) in [5.41, 5.74) is 2.34. The monoisotopic (exact) mass is 287 g/mol. The molecule has 2 aromatic rings. The zero-order chi connectivity index (χ0) is 14.8. The smallest absolute Gasteiger partial charge is 0.119 e. The molecule has 5 heteroatoms. The van der Waals surface area contributed by atoms with Gasteiger partial charge in [-0.3, -0.25) is 4.90 Å². The largest absolute Gasteiger partial charge is 0.497 e. The highest BCUT2D eigenvalue weighted by Crippen LogP contribution is 2.34. The van der Waals surface area contributed by atoms with E-state index in [-0.39, 0.29) is 12.1 Å². The van der Waals surface area contributed by atoms with Gasteiger partial charge in [-0.1, -0.05) is 12.1 Å². The normalized spacial score (nSPS) is 22.6. The van der Waals surface area contributed by atoms with Gasteiger partial charge < -0.3 is 14.4 Å². The van der Waals surface area contributed by atoms with Crippen molar-refractivity contribution in [3.63, 3.8) is 0 Å². The lowest BCUT2D eigenvalue weighted by Crippen LogP contribution is -2.25. The number of aliphatic hydroxyl groups excluding tert-OH is 1. The van der Waals surface area contributed by atoms with Gasteiger partial charge in [0.1, 0.15) is 5.75 Å². The van der Waals surface area contributed by atoms with Gasteiger partial charge in [-0.15, -0.1) is 0 Å². The third kappa shape index (κ3) is 2.94. The number of β-amino-alcohol motifs (C(OH)–C–C–N with tert-alkyl or cyclic N) is 1. The second-order valence-electron chi connectivity index (χ2n) is 5.61. The van der Waals surface area contributed by atoms with Crippen molar-refractivity contribution in [3.8, 4) is 5.75 Å². The lowest BCUT2D eigenvalue weighted by atomic mass is 10.0. The molecule has 2 heterocycles. The van der Waals surface area contributed by atoms with E-state index in [1.165, 1.54) is 5.56 Å². The van der Waals surface area contributed by atoms with E-state index in [1.54, 1.807) is 7.11 Å². The molecule has 0 aliphatic carbocycles. The number of methoxy groups -OCH3 is 1. The fourth-order valence-corrected chi connectivity index (χ4v) is 2.99. The van der Waals surface area contributed by atoms with Gasteiger partial charge in [0.2, 0.25) is 0 Å². The van der Waals surface area contributed by atoms with E-state index in [2.05, 4.69) is 22.0 Å². The van der Waals surface area contributed by atoms with Gasteiger partial charge in [0.25, 0.3) is 0 Å². The first-order chi connectivity index (χ1) is 10.2. The number of likely N-dealkylation sites (tertiary alicyclic amines) is 1. The van der Waals surface area contributed by atoms with Gasteiger partial charge >= 0.3 is 0 Å². The standard InChI is InChI=1S/C16H21N3O2/c1-18-11-17-8-13(18)9-19-10-14(20)7-16(19)12-4-3-5-15(6-12)21-2/h3-6,8,11,14,16,20H,7,9-10H2,1-2H3/t14-,16-/m1/s1. The van der Waals surface area contributed by atoms with E-state index in [4.69, 9.17) is 4.74 Å². The molecule has 0 amide bonds. The highest BCUT2D eigenvalue weighted by molar-refractivity contribution is 5.31. The number of aliphatic hydroxyl groups is 1. The number of hydrogen-bond donors (Lipinski definition) is 1. The molecule has 1 aliphatic rings. The molecule has 1 saturated heterocycles. The van der Waals surface area contributed by atoms with Crippen LogP contribution in [0, 0.1) is 0 Å². The summed E-state index contributed by atoms with van der Waals surface area (Å²) >= 11 is 0. The molecule has 1 aliphatic heterocycles. The maximum atomic E-state index is 10.1. The van der Waals surface area contributed by atoms with Crippen LogP contribution in [0.15, 0.2) is 36.8 Å². The first kappa shape index (κ1) is 14.1. The van der Waals surface area contributed by atoms with Gasteiger partial charge in [-0.05, 0) is 24.1 Å². The van der Waals surface area contributed by atoms with E-state index < -0.39 is 0 Å². The molecule has 5 nitrogen and oxygen atoms in total. The van der Waals surface area contributed by atoms with Crippen molar-refractivity contribution in [2.75, 3.05) is 13.7 Å². The maximum absolute atomic E-state index is 10.1. The Morgan fingerprint density at radius 2 is 2.29 bits per heavy atom. The van der Waals surface area contributed by atoms with Crippen molar-refractivity contribution in [2.24, 2.45) is 7.05 Å². The lowest BCUT2D eigenvalue weighted by molar-refractivity contribution is 0.171. The molecule has 2 atom stereocenters. The van der Waals surface area contributed by atoms with E-state index in [0.29, 0.717) is 6.54 Å². The summed E-state index contributed by atoms with van der Waals surface area (Å²) < 4.78 is 7.33. The summed E-state index contributed by atoms with van der Waals surface area (Å²) in [5, 5.41) is 10.1. The molecule has 1 N–H and O–H groups in total. The second-order valence-corrected chi connectivity index (χ2v) is 5.61. The summed E-state index contributed by atoms with van der Waals surface area (Å²) in [7, 11) is 3.67. The van der Waals surface area contributed by atoms with Crippen molar-refractivity contribution in [3.05, 3.63) is 48.0 Å². The topological polar surface area (TPSA) is 50.5 Å². The first-order valence-electron chi connectivity index (χ1n) is 7.18. The van der Waals surface area contributed by atoms with Crippen LogP contribution in [0.2, 0.25) is 0 Å². The van der Waals surface area contributed by atoms with Crippen LogP contribution in [-0.2, 0) is 13.6 Å². The fraction of sp³-hybridized carbons (Fsp3) is 0.438. The number of ether oxygens (including phenoxy) is 1. The Balaban J connectivity index is 1.83. The van der Waals surface area contributed by atoms with E-state index in [0.717, 1.165) is 24.4 Å². The van der Waals surface area contributed by atoms with Gasteiger partial charge in [-0.25, -0.2) is 4.98 Å². The van der Waals surface area contributed by atoms with Crippen LogP contribution < -0.4 is 4.74 Å². The minimum Gasteiger partial charge on any atom is -0.497 e. The molecule has 1 aromatic heterocycles. The van der Waals surface area contributed by atoms with Crippen molar-refractivity contribution in [1.29, 1.82) is 0 Å².